The Morgan fingerprint density at radius 3 is 2.62 bits per heavy atom. The monoisotopic (exact) mass is 319 g/mol. The van der Waals surface area contributed by atoms with Crippen molar-refractivity contribution in [1.82, 2.24) is 9.71 Å². The number of halogens is 3. The second kappa shape index (κ2) is 5.49. The van der Waals surface area contributed by atoms with Crippen LogP contribution in [0.4, 0.5) is 18.9 Å². The molecule has 3 N–H and O–H groups in total. The zero-order chi connectivity index (χ0) is 15.7. The Hall–Kier alpha value is -1.87. The third-order valence-electron chi connectivity index (χ3n) is 2.76. The Kier molecular flexibility index (Phi) is 4.06. The highest BCUT2D eigenvalue weighted by Crippen LogP contribution is 2.26. The predicted molar refractivity (Wildman–Crippen MR) is 72.0 cm³/mol. The number of hydrogen-bond donors (Lipinski definition) is 2. The number of nitrogens with zero attached hydrogens (tertiary/aromatic N) is 1. The summed E-state index contributed by atoms with van der Waals surface area (Å²) in [6.45, 7) is -0.732. The lowest BCUT2D eigenvalue weighted by molar-refractivity contribution is -0.132. The summed E-state index contributed by atoms with van der Waals surface area (Å²) < 4.78 is 62.3. The molecule has 0 saturated carbocycles. The van der Waals surface area contributed by atoms with E-state index in [2.05, 4.69) is 4.98 Å². The van der Waals surface area contributed by atoms with Gasteiger partial charge in [0.1, 0.15) is 4.90 Å². The van der Waals surface area contributed by atoms with Crippen molar-refractivity contribution < 1.29 is 21.6 Å². The van der Waals surface area contributed by atoms with Crippen LogP contribution in [0.15, 0.2) is 35.4 Å². The Balaban J connectivity index is 2.35. The molecule has 21 heavy (non-hydrogen) atoms. The number of nitrogens with one attached hydrogen (secondary N) is 1. The summed E-state index contributed by atoms with van der Waals surface area (Å²) in [4.78, 5) is 3.74. The Morgan fingerprint density at radius 2 is 1.95 bits per heavy atom. The first-order chi connectivity index (χ1) is 9.71. The first kappa shape index (κ1) is 15.5. The van der Waals surface area contributed by atoms with E-state index < -0.39 is 29.2 Å². The molecule has 0 aliphatic heterocycles. The van der Waals surface area contributed by atoms with E-state index in [-0.39, 0.29) is 10.4 Å². The Labute approximate surface area is 119 Å². The van der Waals surface area contributed by atoms with Crippen LogP contribution in [0.3, 0.4) is 0 Å². The molecule has 2 aromatic rings. The highest BCUT2D eigenvalue weighted by molar-refractivity contribution is 7.89. The number of rotatable bonds is 4. The van der Waals surface area contributed by atoms with Gasteiger partial charge in [-0.25, -0.2) is 13.1 Å². The molecule has 9 heteroatoms. The van der Waals surface area contributed by atoms with E-state index >= 15 is 0 Å². The molecular weight excluding hydrogens is 307 g/mol. The second-order valence-corrected chi connectivity index (χ2v) is 6.05. The van der Waals surface area contributed by atoms with Crippen LogP contribution in [0.5, 0.6) is 0 Å². The number of nitrogens with two attached hydrogens (primary N) is 1. The molecule has 0 aliphatic carbocycles. The molecule has 1 aromatic carbocycles. The third-order valence-corrected chi connectivity index (χ3v) is 4.25. The Morgan fingerprint density at radius 1 is 1.24 bits per heavy atom. The van der Waals surface area contributed by atoms with Crippen LogP contribution in [0.1, 0.15) is 6.42 Å². The van der Waals surface area contributed by atoms with Gasteiger partial charge in [-0.1, -0.05) is 0 Å². The van der Waals surface area contributed by atoms with E-state index in [4.69, 9.17) is 5.73 Å². The van der Waals surface area contributed by atoms with Gasteiger partial charge in [-0.15, -0.1) is 0 Å². The van der Waals surface area contributed by atoms with Crippen LogP contribution in [0.2, 0.25) is 0 Å². The normalized spacial score (nSPS) is 12.7. The minimum absolute atomic E-state index is 0.122. The molecule has 1 aromatic heterocycles. The van der Waals surface area contributed by atoms with Gasteiger partial charge in [0.2, 0.25) is 10.0 Å². The van der Waals surface area contributed by atoms with Gasteiger partial charge in [0.05, 0.1) is 11.9 Å². The van der Waals surface area contributed by atoms with Crippen LogP contribution in [0.25, 0.3) is 10.9 Å². The fourth-order valence-corrected chi connectivity index (χ4v) is 2.98. The lowest BCUT2D eigenvalue weighted by Gasteiger charge is -2.11. The summed E-state index contributed by atoms with van der Waals surface area (Å²) in [5.74, 6) is 0. The van der Waals surface area contributed by atoms with Gasteiger partial charge in [-0.2, -0.15) is 13.2 Å². The summed E-state index contributed by atoms with van der Waals surface area (Å²) in [6, 6.07) is 5.78. The molecule has 0 saturated heterocycles. The summed E-state index contributed by atoms with van der Waals surface area (Å²) in [5.41, 5.74) is 6.18. The number of anilines is 1. The minimum Gasteiger partial charge on any atom is -0.398 e. The van der Waals surface area contributed by atoms with Gasteiger partial charge < -0.3 is 5.73 Å². The maximum Gasteiger partial charge on any atom is 0.390 e. The van der Waals surface area contributed by atoms with E-state index in [0.717, 1.165) is 0 Å². The fraction of sp³-hybridized carbons (Fsp3) is 0.250. The summed E-state index contributed by atoms with van der Waals surface area (Å²) >= 11 is 0. The lowest BCUT2D eigenvalue weighted by Crippen LogP contribution is -2.28. The molecule has 0 atom stereocenters. The third kappa shape index (κ3) is 3.61. The molecule has 0 radical (unpaired) electrons. The van der Waals surface area contributed by atoms with Crippen LogP contribution in [-0.4, -0.2) is 26.1 Å². The molecule has 0 unspecified atom stereocenters. The molecule has 0 aliphatic rings. The second-order valence-electron chi connectivity index (χ2n) is 4.32. The summed E-state index contributed by atoms with van der Waals surface area (Å²) in [6.07, 6.45) is -4.28. The first-order valence-electron chi connectivity index (χ1n) is 5.90. The maximum atomic E-state index is 12.1. The number of benzene rings is 1. The molecule has 1 heterocycles. The van der Waals surface area contributed by atoms with Crippen LogP contribution in [0, 0.1) is 0 Å². The van der Waals surface area contributed by atoms with Gasteiger partial charge >= 0.3 is 6.18 Å². The van der Waals surface area contributed by atoms with E-state index in [1.165, 1.54) is 18.3 Å². The minimum atomic E-state index is -4.43. The number of hydrogen-bond acceptors (Lipinski definition) is 4. The largest absolute Gasteiger partial charge is 0.398 e. The van der Waals surface area contributed by atoms with Gasteiger partial charge in [-0.3, -0.25) is 4.98 Å². The summed E-state index contributed by atoms with van der Waals surface area (Å²) in [7, 11) is -4.09. The van der Waals surface area contributed by atoms with Gasteiger partial charge in [0, 0.05) is 23.8 Å². The predicted octanol–water partition coefficient (Wildman–Crippen LogP) is 2.05. The van der Waals surface area contributed by atoms with Crippen molar-refractivity contribution in [2.45, 2.75) is 17.5 Å². The number of pyridine rings is 1. The van der Waals surface area contributed by atoms with Gasteiger partial charge in [0.25, 0.3) is 0 Å². The van der Waals surface area contributed by atoms with Gasteiger partial charge in [0.15, 0.2) is 0 Å². The van der Waals surface area contributed by atoms with Crippen LogP contribution >= 0.6 is 0 Å². The molecule has 0 spiro atoms. The summed E-state index contributed by atoms with van der Waals surface area (Å²) in [5, 5.41) is 0.427. The molecule has 0 bridgehead atoms. The van der Waals surface area contributed by atoms with Gasteiger partial charge in [-0.05, 0) is 24.3 Å². The van der Waals surface area contributed by atoms with E-state index in [1.807, 2.05) is 4.72 Å². The lowest BCUT2D eigenvalue weighted by atomic mass is 10.2. The van der Waals surface area contributed by atoms with Crippen LogP contribution in [-0.2, 0) is 10.0 Å². The number of sulfonamides is 1. The zero-order valence-electron chi connectivity index (χ0n) is 10.7. The number of fused-ring (bicyclic) bond motifs is 1. The van der Waals surface area contributed by atoms with Crippen molar-refractivity contribution in [2.75, 3.05) is 12.3 Å². The molecule has 5 nitrogen and oxygen atoms in total. The van der Waals surface area contributed by atoms with E-state index in [9.17, 15) is 21.6 Å². The first-order valence-corrected chi connectivity index (χ1v) is 7.39. The average molecular weight is 319 g/mol. The molecule has 114 valence electrons. The fourth-order valence-electron chi connectivity index (χ4n) is 1.79. The zero-order valence-corrected chi connectivity index (χ0v) is 11.5. The van der Waals surface area contributed by atoms with Crippen molar-refractivity contribution in [1.29, 1.82) is 0 Å². The highest BCUT2D eigenvalue weighted by atomic mass is 32.2. The smallest absolute Gasteiger partial charge is 0.390 e. The van der Waals surface area contributed by atoms with Crippen molar-refractivity contribution in [3.63, 3.8) is 0 Å². The van der Waals surface area contributed by atoms with Crippen molar-refractivity contribution in [2.24, 2.45) is 0 Å². The Bertz CT molecular complexity index is 760. The van der Waals surface area contributed by atoms with Crippen LogP contribution < -0.4 is 10.5 Å². The topological polar surface area (TPSA) is 85.1 Å². The molecule has 0 fully saturated rings. The molecule has 2 rings (SSSR count). The number of alkyl halides is 3. The molecule has 0 amide bonds. The van der Waals surface area contributed by atoms with E-state index in [0.29, 0.717) is 11.1 Å². The van der Waals surface area contributed by atoms with Crippen molar-refractivity contribution in [3.05, 3.63) is 30.5 Å². The van der Waals surface area contributed by atoms with Crippen molar-refractivity contribution in [3.8, 4) is 0 Å². The molecular formula is C12H12F3N3O2S. The average Bonchev–Trinajstić information content (AvgIpc) is 2.37. The quantitative estimate of drug-likeness (QED) is 0.845. The SMILES string of the molecule is Nc1ccc(S(=O)(=O)NCCC(F)(F)F)c2ncccc12. The van der Waals surface area contributed by atoms with E-state index in [1.54, 1.807) is 12.1 Å². The standard InChI is InChI=1S/C12H12F3N3O2S/c13-12(14,15)5-7-18-21(19,20)10-4-3-9(16)8-2-1-6-17-11(8)10/h1-4,6,18H,5,7,16H2. The maximum absolute atomic E-state index is 12.1. The van der Waals surface area contributed by atoms with Crippen molar-refractivity contribution >= 4 is 26.6 Å². The number of aromatic nitrogens is 1. The highest BCUT2D eigenvalue weighted by Gasteiger charge is 2.28. The number of nitrogen functional groups attached to an aromatic ring is 1.